The molecule has 4 heterocycles. The molecule has 586 valence electrons. The Labute approximate surface area is 787 Å². The predicted octanol–water partition coefficient (Wildman–Crippen LogP) is 35.1. The Kier molecular flexibility index (Phi) is 26.4. The van der Waals surface area contributed by atoms with E-state index in [2.05, 4.69) is 539 Å². The average molecular weight is 2300 g/mol. The van der Waals surface area contributed by atoms with Crippen LogP contribution in [0.3, 0.4) is 0 Å². The van der Waals surface area contributed by atoms with Gasteiger partial charge in [-0.2, -0.15) is 0 Å². The van der Waals surface area contributed by atoms with E-state index in [-0.39, 0.29) is 59.7 Å². The van der Waals surface area contributed by atoms with E-state index in [1.807, 2.05) is 0 Å². The zero-order valence-corrected chi connectivity index (χ0v) is 81.6. The molecular formula is C105H80I6O4S4+4. The van der Waals surface area contributed by atoms with Gasteiger partial charge in [-0.1, -0.05) is 140 Å². The highest BCUT2D eigenvalue weighted by molar-refractivity contribution is 14.1. The van der Waals surface area contributed by atoms with E-state index in [1.165, 1.54) is 144 Å². The summed E-state index contributed by atoms with van der Waals surface area (Å²) >= 11 is 14.2. The summed E-state index contributed by atoms with van der Waals surface area (Å²) < 4.78 is 43.9. The van der Waals surface area contributed by atoms with E-state index in [1.54, 1.807) is 0 Å². The molecule has 0 amide bonds. The minimum absolute atomic E-state index is 0.0215. The first kappa shape index (κ1) is 83.3. The third-order valence-corrected chi connectivity index (χ3v) is 37.6. The van der Waals surface area contributed by atoms with Crippen LogP contribution in [0.4, 0.5) is 0 Å². The molecule has 4 aromatic heterocycles. The Balaban J connectivity index is 0.000000113. The molecule has 0 bridgehead atoms. The van der Waals surface area contributed by atoms with Gasteiger partial charge in [-0.15, -0.1) is 0 Å². The van der Waals surface area contributed by atoms with Gasteiger partial charge in [0.2, 0.25) is 0 Å². The number of hydrogen-bond acceptors (Lipinski definition) is 4. The van der Waals surface area contributed by atoms with Crippen LogP contribution in [0, 0.1) is 21.4 Å². The molecule has 0 saturated heterocycles. The molecule has 14 heteroatoms. The van der Waals surface area contributed by atoms with E-state index < -0.39 is 0 Å². The molecule has 16 aromatic carbocycles. The van der Waals surface area contributed by atoms with Crippen LogP contribution in [0.1, 0.15) is 68.6 Å². The molecular weight excluding hydrogens is 2210 g/mol. The molecule has 2 atom stereocenters. The first-order chi connectivity index (χ1) is 58.1. The van der Waals surface area contributed by atoms with Crippen molar-refractivity contribution >= 4 is 258 Å². The fraction of sp³-hybridized carbons (Fsp3) is 0.0857. The lowest BCUT2D eigenvalue weighted by atomic mass is 9.98. The molecule has 0 N–H and O–H groups in total. The number of hydrogen-bond donors (Lipinski definition) is 0. The first-order valence-electron chi connectivity index (χ1n) is 39.3. The van der Waals surface area contributed by atoms with E-state index >= 15 is 0 Å². The maximum absolute atomic E-state index is 6.38. The van der Waals surface area contributed by atoms with Crippen LogP contribution < -0.4 is 18.9 Å². The molecule has 20 rings (SSSR count). The molecule has 0 aliphatic carbocycles. The molecule has 0 aliphatic heterocycles. The van der Waals surface area contributed by atoms with Gasteiger partial charge in [0.1, 0.15) is 47.4 Å². The largest absolute Gasteiger partial charge is 0.489 e. The normalized spacial score (nSPS) is 11.9. The highest BCUT2D eigenvalue weighted by Gasteiger charge is 2.30. The number of ether oxygens (including phenoxy) is 4. The second kappa shape index (κ2) is 37.8. The third-order valence-electron chi connectivity index (χ3n) is 21.2. The maximum Gasteiger partial charge on any atom is 0.187 e. The maximum atomic E-state index is 6.38. The highest BCUT2D eigenvalue weighted by atomic mass is 127. The van der Waals surface area contributed by atoms with Gasteiger partial charge in [0.05, 0.1) is 0 Å². The lowest BCUT2D eigenvalue weighted by molar-refractivity contribution is 0.109. The van der Waals surface area contributed by atoms with Crippen LogP contribution in [0.5, 0.6) is 23.0 Å². The van der Waals surface area contributed by atoms with Crippen molar-refractivity contribution < 1.29 is 18.9 Å². The van der Waals surface area contributed by atoms with Crippen LogP contribution in [0.25, 0.3) is 100 Å². The monoisotopic (exact) mass is 2290 g/mol. The van der Waals surface area contributed by atoms with Crippen LogP contribution in [0.2, 0.25) is 0 Å². The molecule has 0 spiro atoms. The topological polar surface area (TPSA) is 36.9 Å². The Hall–Kier alpha value is -8.02. The second-order valence-electron chi connectivity index (χ2n) is 29.2. The van der Waals surface area contributed by atoms with Crippen molar-refractivity contribution in [2.45, 2.75) is 58.5 Å². The van der Waals surface area contributed by atoms with Crippen LogP contribution >= 0.6 is 177 Å². The first-order valence-corrected chi connectivity index (χ1v) is 50.6. The summed E-state index contributed by atoms with van der Waals surface area (Å²) in [6, 6.07) is 135. The zero-order chi connectivity index (χ0) is 81.7. The molecule has 4 nitrogen and oxygen atoms in total. The molecule has 2 unspecified atom stereocenters. The number of benzene rings is 16. The van der Waals surface area contributed by atoms with Gasteiger partial charge in [-0.3, -0.25) is 0 Å². The number of thiophene rings is 4. The summed E-state index contributed by atoms with van der Waals surface area (Å²) in [6.45, 7) is 9.09. The number of halogens is 6. The van der Waals surface area contributed by atoms with Crippen molar-refractivity contribution in [1.29, 1.82) is 0 Å². The van der Waals surface area contributed by atoms with Crippen molar-refractivity contribution in [3.05, 3.63) is 420 Å². The standard InChI is InChI=1S/2C27H22IOS.C26H20IOS.C25H16I3OS/c1-27(2,19-11-13-20(28)14-12-19)29-21-15-17-22(18-16-21)30-25-9-5-3-7-23(25)24-8-4-6-10-26(24)30;1-2-25(19-11-13-20(28)14-12-19)29-21-15-17-22(18-16-21)30-26-9-5-3-7-23(26)24-8-4-6-10-27(24)30;1-18(19-10-12-20(27)13-11-19)28-21-14-16-22(17-15-21)29-25-8-4-2-6-23(25)24-7-3-5-9-26(24)29;26-21-13-16(14-22(27)25(21)28)15-29-17-9-11-18(12-10-17)30-23-7-3-1-5-19(23)20-6-2-4-8-24(20)30/h3-18H,1-2H3;3-18,25H,2H2,1H3;2-18H,1H3;1-14H,15H2/q4*+1. The van der Waals surface area contributed by atoms with Gasteiger partial charge < -0.3 is 18.9 Å². The summed E-state index contributed by atoms with van der Waals surface area (Å²) in [7, 11) is -0.238. The Bertz CT molecular complexity index is 6740. The number of rotatable bonds is 17. The van der Waals surface area contributed by atoms with E-state index in [0.717, 1.165) is 29.4 Å². The molecule has 0 radical (unpaired) electrons. The fourth-order valence-electron chi connectivity index (χ4n) is 15.3. The lowest BCUT2D eigenvalue weighted by Crippen LogP contribution is -2.25. The predicted molar refractivity (Wildman–Crippen MR) is 564 cm³/mol. The molecule has 0 saturated carbocycles. The van der Waals surface area contributed by atoms with E-state index in [0.29, 0.717) is 6.61 Å². The van der Waals surface area contributed by atoms with Gasteiger partial charge in [-0.05, 0) is 379 Å². The molecule has 0 fully saturated rings. The van der Waals surface area contributed by atoms with Gasteiger partial charge in [0, 0.05) is 155 Å². The fourth-order valence-corrected chi connectivity index (χ4v) is 28.1. The van der Waals surface area contributed by atoms with Gasteiger partial charge >= 0.3 is 0 Å². The summed E-state index contributed by atoms with van der Waals surface area (Å²) in [6.07, 6.45) is 1.03. The quantitative estimate of drug-likeness (QED) is 0.0517. The third kappa shape index (κ3) is 18.4. The summed E-state index contributed by atoms with van der Waals surface area (Å²) in [4.78, 5) is 5.32. The van der Waals surface area contributed by atoms with Crippen LogP contribution in [-0.4, -0.2) is 0 Å². The van der Waals surface area contributed by atoms with E-state index in [9.17, 15) is 0 Å². The lowest BCUT2D eigenvalue weighted by Gasteiger charge is -2.27. The van der Waals surface area contributed by atoms with E-state index in [4.69, 9.17) is 18.9 Å². The van der Waals surface area contributed by atoms with Crippen molar-refractivity contribution in [2.24, 2.45) is 0 Å². The minimum atomic E-state index is -0.388. The molecule has 20 aromatic rings. The van der Waals surface area contributed by atoms with Crippen LogP contribution in [0.15, 0.2) is 376 Å². The Morgan fingerprint density at radius 1 is 0.294 bits per heavy atom. The zero-order valence-electron chi connectivity index (χ0n) is 65.4. The van der Waals surface area contributed by atoms with Crippen molar-refractivity contribution in [3.8, 4) is 42.6 Å². The molecule has 119 heavy (non-hydrogen) atoms. The average Bonchev–Trinajstić information content (AvgIpc) is 1.62. The summed E-state index contributed by atoms with van der Waals surface area (Å²) in [5.74, 6) is 3.64. The van der Waals surface area contributed by atoms with Gasteiger partial charge in [-0.25, -0.2) is 0 Å². The summed E-state index contributed by atoms with van der Waals surface area (Å²) in [5.41, 5.74) is 4.40. The smallest absolute Gasteiger partial charge is 0.187 e. The SMILES string of the molecule is CC(C)(Oc1ccc(-[s+]2c3ccccc3c3ccccc32)cc1)c1ccc(I)cc1.CC(Oc1ccc(-[s+]2c3ccccc3c3ccccc32)cc1)c1ccc(I)cc1.CCC(Oc1ccc(-[s+]2c3ccccc3c3ccccc32)cc1)c1ccc(I)cc1.Ic1cc(COc2ccc(-[s+]3c4ccccc4c4ccccc43)cc2)cc(I)c1I. The van der Waals surface area contributed by atoms with Crippen molar-refractivity contribution in [2.75, 3.05) is 0 Å². The Morgan fingerprint density at radius 3 is 0.874 bits per heavy atom. The molecule has 0 aliphatic rings. The van der Waals surface area contributed by atoms with Gasteiger partial charge in [0.15, 0.2) is 57.2 Å². The van der Waals surface area contributed by atoms with Crippen LogP contribution in [-0.2, 0) is 12.2 Å². The van der Waals surface area contributed by atoms with Gasteiger partial charge in [0.25, 0.3) is 0 Å². The van der Waals surface area contributed by atoms with Crippen molar-refractivity contribution in [1.82, 2.24) is 0 Å². The second-order valence-corrected chi connectivity index (χ2v) is 44.2. The Morgan fingerprint density at radius 2 is 0.563 bits per heavy atom. The summed E-state index contributed by atoms with van der Waals surface area (Å²) in [5, 5.41) is 10.9. The van der Waals surface area contributed by atoms with Crippen molar-refractivity contribution in [3.63, 3.8) is 0 Å². The minimum Gasteiger partial charge on any atom is -0.489 e. The highest BCUT2D eigenvalue weighted by Crippen LogP contribution is 2.53. The number of fused-ring (bicyclic) bond motifs is 12.